The molecular weight excluding hydrogens is 1100 g/mol. The van der Waals surface area contributed by atoms with E-state index in [9.17, 15) is 0 Å². The van der Waals surface area contributed by atoms with E-state index in [0.717, 1.165) is 111 Å². The van der Waals surface area contributed by atoms with Crippen molar-refractivity contribution in [3.05, 3.63) is 256 Å². The molecule has 0 unspecified atom stereocenters. The number of rotatable bonds is 5. The maximum atomic E-state index is 5.98. The highest BCUT2D eigenvalue weighted by Crippen LogP contribution is 2.42. The van der Waals surface area contributed by atoms with Crippen LogP contribution in [-0.4, -0.2) is 26.5 Å². The van der Waals surface area contributed by atoms with Gasteiger partial charge in [0.15, 0.2) is 5.84 Å². The van der Waals surface area contributed by atoms with E-state index < -0.39 is 0 Å². The highest BCUT2D eigenvalue weighted by atomic mass is 15.0. The number of hydrogen-bond acceptors (Lipinski definition) is 3. The Hall–Kier alpha value is -8.27. The zero-order chi connectivity index (χ0) is 66.2. The van der Waals surface area contributed by atoms with Crippen molar-refractivity contribution < 1.29 is 0 Å². The van der Waals surface area contributed by atoms with Gasteiger partial charge in [-0.1, -0.05) is 245 Å². The normalized spacial score (nSPS) is 15.1. The highest BCUT2D eigenvalue weighted by molar-refractivity contribution is 6.30. The minimum Gasteiger partial charge on any atom is -0.354 e. The van der Waals surface area contributed by atoms with E-state index in [1.54, 1.807) is 0 Å². The summed E-state index contributed by atoms with van der Waals surface area (Å²) in [6.45, 7) is 55.6. The number of nitrogens with one attached hydrogen (secondary N) is 3. The molecule has 3 aliphatic rings. The summed E-state index contributed by atoms with van der Waals surface area (Å²) in [4.78, 5) is 30.0. The molecule has 0 saturated heterocycles. The van der Waals surface area contributed by atoms with Crippen LogP contribution in [0.3, 0.4) is 0 Å². The highest BCUT2D eigenvalue weighted by Gasteiger charge is 2.32. The first kappa shape index (κ1) is 64.3. The zero-order valence-electron chi connectivity index (χ0n) is 59.1. The Morgan fingerprint density at radius 1 is 0.330 bits per heavy atom. The predicted octanol–water partition coefficient (Wildman–Crippen LogP) is 18.2. The molecule has 6 nitrogen and oxygen atoms in total. The largest absolute Gasteiger partial charge is 0.354 e. The Labute approximate surface area is 543 Å². The number of aromatic nitrogens is 3. The minimum atomic E-state index is -0.178. The van der Waals surface area contributed by atoms with Crippen LogP contribution in [0.15, 0.2) is 154 Å². The standard InChI is InChI=1S/C85H98N6/c1-26-49-27-29-50(30-28-49)77-90-75-73-71(53-41-59(82(14,15)16)47-60(42-53)83(17,18)19)67-35-33-65(87-67)69(51-37-55(78(2,3)4)45-56(38-51)79(5,6)7)63-31-32-64(86-63)70(52-39-57(80(8,9)10)46-58(40-52)81(11,12)13)66-34-36-68(88-66)72(74(89-73)76(75)91-77)54-43-61(84(20,21)22)48-62(44-54)85(23,24)25/h1,27-48,87-89H,2-25H3. The number of terminal acetylenes is 1. The van der Waals surface area contributed by atoms with Gasteiger partial charge >= 0.3 is 0 Å². The van der Waals surface area contributed by atoms with E-state index >= 15 is 0 Å². The van der Waals surface area contributed by atoms with Crippen molar-refractivity contribution in [1.29, 1.82) is 0 Å². The number of benzene rings is 5. The maximum Gasteiger partial charge on any atom is 0.160 e. The Morgan fingerprint density at radius 3 is 1.09 bits per heavy atom. The minimum absolute atomic E-state index is 0.142. The molecule has 6 heteroatoms. The van der Waals surface area contributed by atoms with Crippen molar-refractivity contribution >= 4 is 39.5 Å². The maximum absolute atomic E-state index is 5.98. The van der Waals surface area contributed by atoms with E-state index in [2.05, 4.69) is 308 Å². The quantitative estimate of drug-likeness (QED) is 0.144. The molecular formula is C85H98N6. The van der Waals surface area contributed by atoms with Gasteiger partial charge in [-0.15, -0.1) is 6.42 Å². The molecule has 8 bridgehead atoms. The van der Waals surface area contributed by atoms with Crippen LogP contribution >= 0.6 is 0 Å². The second-order valence-electron chi connectivity index (χ2n) is 34.3. The third-order valence-electron chi connectivity index (χ3n) is 18.6. The van der Waals surface area contributed by atoms with Gasteiger partial charge in [0, 0.05) is 55.5 Å². The van der Waals surface area contributed by atoms with Crippen molar-refractivity contribution in [3.8, 4) is 12.3 Å². The molecule has 6 heterocycles. The van der Waals surface area contributed by atoms with Crippen molar-refractivity contribution in [2.24, 2.45) is 15.0 Å². The molecule has 0 aliphatic carbocycles. The number of allylic oxidation sites excluding steroid dienone is 2. The molecule has 0 radical (unpaired) electrons. The SMILES string of the molecule is C#Cc1ccc(C2=Nc3c4[nH]c(c3=N2)=C(c2cc(C(C)(C)C)cc(C(C)(C)C)c2)c2ccc([nH]2)C(c2cc(C(C)(C)C)cc(C(C)(C)C)c2)=C2C=CC(=N2)C(c2cc(C(C)(C)C)cc(C(C)(C)C)c2)=c2ccc([nH]2)=C4c2cc(C(C)(C)C)cc(C(C)(C)C)c2)cc1. The van der Waals surface area contributed by atoms with Gasteiger partial charge < -0.3 is 15.0 Å². The fraction of sp³-hybridized carbons (Fsp3) is 0.376. The Bertz CT molecular complexity index is 4600. The monoisotopic (exact) mass is 1200 g/mol. The molecule has 5 aromatic carbocycles. The zero-order valence-corrected chi connectivity index (χ0v) is 59.1. The molecule has 91 heavy (non-hydrogen) atoms. The molecule has 0 fully saturated rings. The molecule has 11 rings (SSSR count). The third-order valence-corrected chi connectivity index (χ3v) is 18.6. The first-order valence-corrected chi connectivity index (χ1v) is 32.9. The first-order valence-electron chi connectivity index (χ1n) is 32.9. The molecule has 0 amide bonds. The predicted molar refractivity (Wildman–Crippen MR) is 387 cm³/mol. The Kier molecular flexibility index (Phi) is 15.5. The van der Waals surface area contributed by atoms with Crippen LogP contribution in [0, 0.1) is 12.3 Å². The molecule has 3 N–H and O–H groups in total. The van der Waals surface area contributed by atoms with Crippen molar-refractivity contribution in [1.82, 2.24) is 15.0 Å². The summed E-state index contributed by atoms with van der Waals surface area (Å²) in [7, 11) is 0. The summed E-state index contributed by atoms with van der Waals surface area (Å²) < 4.78 is 0. The fourth-order valence-electron chi connectivity index (χ4n) is 12.5. The van der Waals surface area contributed by atoms with Crippen LogP contribution in [0.25, 0.3) is 22.3 Å². The second-order valence-corrected chi connectivity index (χ2v) is 34.3. The summed E-state index contributed by atoms with van der Waals surface area (Å²) in [6, 6.07) is 46.1. The lowest BCUT2D eigenvalue weighted by Crippen LogP contribution is -2.27. The number of hydrogen-bond donors (Lipinski definition) is 3. The Balaban J connectivity index is 1.42. The smallest absolute Gasteiger partial charge is 0.160 e. The average molecular weight is 1200 g/mol. The number of H-pyrrole nitrogens is 3. The van der Waals surface area contributed by atoms with Crippen LogP contribution in [0.4, 0.5) is 5.69 Å². The molecule has 0 saturated carbocycles. The van der Waals surface area contributed by atoms with E-state index in [4.69, 9.17) is 21.4 Å². The van der Waals surface area contributed by atoms with Gasteiger partial charge in [-0.3, -0.25) is 0 Å². The number of aliphatic imine (C=N–C) groups is 2. The van der Waals surface area contributed by atoms with Gasteiger partial charge in [0.25, 0.3) is 0 Å². The Morgan fingerprint density at radius 2 is 0.692 bits per heavy atom. The van der Waals surface area contributed by atoms with Crippen molar-refractivity contribution in [3.63, 3.8) is 0 Å². The van der Waals surface area contributed by atoms with Gasteiger partial charge in [0.1, 0.15) is 11.0 Å². The number of fused-ring (bicyclic) bond motifs is 10. The van der Waals surface area contributed by atoms with E-state index in [1.807, 2.05) is 12.1 Å². The topological polar surface area (TPSA) is 84.4 Å². The van der Waals surface area contributed by atoms with Gasteiger partial charge in [-0.25, -0.2) is 15.0 Å². The number of nitrogens with zero attached hydrogens (tertiary/aromatic N) is 3. The molecule has 8 aromatic rings. The van der Waals surface area contributed by atoms with Crippen LogP contribution in [-0.2, 0) is 43.3 Å². The van der Waals surface area contributed by atoms with E-state index in [1.165, 1.54) is 44.5 Å². The van der Waals surface area contributed by atoms with Crippen molar-refractivity contribution in [2.75, 3.05) is 0 Å². The summed E-state index contributed by atoms with van der Waals surface area (Å²) in [5, 5.41) is 3.53. The average Bonchev–Trinajstić information content (AvgIpc) is 1.59. The third kappa shape index (κ3) is 12.6. The number of amidine groups is 1. The van der Waals surface area contributed by atoms with Crippen LogP contribution in [0.2, 0.25) is 0 Å². The lowest BCUT2D eigenvalue weighted by molar-refractivity contribution is 0.567. The molecule has 0 atom stereocenters. The second kappa shape index (κ2) is 22.0. The van der Waals surface area contributed by atoms with Gasteiger partial charge in [-0.05, 0) is 171 Å². The summed E-state index contributed by atoms with van der Waals surface area (Å²) in [6.07, 6.45) is 10.5. The van der Waals surface area contributed by atoms with Crippen molar-refractivity contribution in [2.45, 2.75) is 209 Å². The van der Waals surface area contributed by atoms with Gasteiger partial charge in [0.2, 0.25) is 0 Å². The summed E-state index contributed by atoms with van der Waals surface area (Å²) in [5.74, 6) is 3.45. The molecule has 3 aromatic heterocycles. The van der Waals surface area contributed by atoms with Gasteiger partial charge in [0.05, 0.1) is 22.5 Å². The molecule has 3 aliphatic heterocycles. The van der Waals surface area contributed by atoms with E-state index in [0.29, 0.717) is 5.84 Å². The lowest BCUT2D eigenvalue weighted by Gasteiger charge is -2.27. The number of aromatic amines is 3. The summed E-state index contributed by atoms with van der Waals surface area (Å²) >= 11 is 0. The molecule has 468 valence electrons. The van der Waals surface area contributed by atoms with Gasteiger partial charge in [-0.2, -0.15) is 0 Å². The molecule has 0 spiro atoms. The lowest BCUT2D eigenvalue weighted by atomic mass is 9.78. The fourth-order valence-corrected chi connectivity index (χ4v) is 12.5. The van der Waals surface area contributed by atoms with Crippen LogP contribution < -0.4 is 21.4 Å². The van der Waals surface area contributed by atoms with Crippen LogP contribution in [0.1, 0.15) is 261 Å². The first-order chi connectivity index (χ1) is 42.0. The van der Waals surface area contributed by atoms with E-state index in [-0.39, 0.29) is 43.3 Å². The summed E-state index contributed by atoms with van der Waals surface area (Å²) in [5.41, 5.74) is 24.1. The van der Waals surface area contributed by atoms with Crippen LogP contribution in [0.5, 0.6) is 0 Å².